The van der Waals surface area contributed by atoms with E-state index in [0.29, 0.717) is 10.3 Å². The van der Waals surface area contributed by atoms with Crippen LogP contribution in [0.2, 0.25) is 0 Å². The van der Waals surface area contributed by atoms with Crippen LogP contribution < -0.4 is 16.3 Å². The number of nitrogens with zero attached hydrogens (tertiary/aromatic N) is 2. The molecule has 0 radical (unpaired) electrons. The first-order valence-corrected chi connectivity index (χ1v) is 2.96. The summed E-state index contributed by atoms with van der Waals surface area (Å²) in [4.78, 5) is 0. The average Bonchev–Trinajstić information content (AvgIpc) is 2.05. The van der Waals surface area contributed by atoms with Crippen LogP contribution in [-0.2, 0) is 0 Å². The summed E-state index contributed by atoms with van der Waals surface area (Å²) in [6.07, 6.45) is 2.65. The first kappa shape index (κ1) is 7.33. The molecule has 5 heteroatoms. The predicted molar refractivity (Wildman–Crippen MR) is 40.3 cm³/mol. The van der Waals surface area contributed by atoms with Gasteiger partial charge in [0, 0.05) is 17.7 Å². The van der Waals surface area contributed by atoms with Gasteiger partial charge in [0.25, 0.3) is 0 Å². The van der Waals surface area contributed by atoms with E-state index < -0.39 is 0 Å². The molecule has 0 aliphatic rings. The van der Waals surface area contributed by atoms with E-state index in [1.165, 1.54) is 12.4 Å². The van der Waals surface area contributed by atoms with Crippen LogP contribution in [0.5, 0.6) is 0 Å². The van der Waals surface area contributed by atoms with Crippen molar-refractivity contribution in [2.45, 2.75) is 0 Å². The van der Waals surface area contributed by atoms with Gasteiger partial charge in [0.1, 0.15) is 0 Å². The van der Waals surface area contributed by atoms with Crippen molar-refractivity contribution in [1.29, 1.82) is 0 Å². The van der Waals surface area contributed by atoms with Crippen molar-refractivity contribution < 1.29 is 4.73 Å². The molecule has 0 aliphatic heterocycles. The van der Waals surface area contributed by atoms with Gasteiger partial charge in [-0.2, -0.15) is 9.83 Å². The Morgan fingerprint density at radius 2 is 2.00 bits per heavy atom. The van der Waals surface area contributed by atoms with E-state index in [9.17, 15) is 5.21 Å². The molecule has 4 N–H and O–H groups in total. The zero-order valence-corrected chi connectivity index (χ0v) is 5.77. The third-order valence-corrected chi connectivity index (χ3v) is 1.24. The second-order valence-electron chi connectivity index (χ2n) is 1.96. The first-order valence-electron chi connectivity index (χ1n) is 2.96. The molecule has 0 aromatic carbocycles. The minimum absolute atomic E-state index is 0.214. The third kappa shape index (κ3) is 1.57. The Bertz CT molecular complexity index is 266. The second-order valence-corrected chi connectivity index (χ2v) is 1.96. The lowest BCUT2D eigenvalue weighted by Gasteiger charge is -1.97. The van der Waals surface area contributed by atoms with Crippen LogP contribution in [0.4, 0.5) is 0 Å². The van der Waals surface area contributed by atoms with E-state index >= 15 is 0 Å². The summed E-state index contributed by atoms with van der Waals surface area (Å²) in [6, 6.07) is 3.08. The Morgan fingerprint density at radius 3 is 2.45 bits per heavy atom. The molecule has 0 aliphatic carbocycles. The number of aromatic nitrogens is 1. The summed E-state index contributed by atoms with van der Waals surface area (Å²) in [6.45, 7) is 0. The van der Waals surface area contributed by atoms with Crippen LogP contribution in [0.25, 0.3) is 0 Å². The minimum Gasteiger partial charge on any atom is -0.619 e. The van der Waals surface area contributed by atoms with Gasteiger partial charge in [-0.25, -0.2) is 0 Å². The van der Waals surface area contributed by atoms with E-state index in [-0.39, 0.29) is 5.84 Å². The van der Waals surface area contributed by atoms with Gasteiger partial charge in [-0.15, -0.1) is 0 Å². The molecule has 5 nitrogen and oxygen atoms in total. The van der Waals surface area contributed by atoms with Crippen molar-refractivity contribution in [3.8, 4) is 0 Å². The van der Waals surface area contributed by atoms with E-state index in [0.717, 1.165) is 0 Å². The highest BCUT2D eigenvalue weighted by Crippen LogP contribution is 1.92. The SMILES string of the molecule is N/N=C(\N)c1cc[n+]([O-])cc1. The molecule has 0 amide bonds. The summed E-state index contributed by atoms with van der Waals surface area (Å²) in [7, 11) is 0. The lowest BCUT2D eigenvalue weighted by Crippen LogP contribution is -2.25. The van der Waals surface area contributed by atoms with Gasteiger partial charge in [0.2, 0.25) is 0 Å². The van der Waals surface area contributed by atoms with Crippen molar-refractivity contribution in [3.63, 3.8) is 0 Å². The van der Waals surface area contributed by atoms with Gasteiger partial charge >= 0.3 is 0 Å². The van der Waals surface area contributed by atoms with Crippen molar-refractivity contribution in [2.24, 2.45) is 16.7 Å². The van der Waals surface area contributed by atoms with Gasteiger partial charge in [-0.1, -0.05) is 0 Å². The lowest BCUT2D eigenvalue weighted by atomic mass is 10.2. The number of amidine groups is 1. The molecule has 11 heavy (non-hydrogen) atoms. The number of nitrogens with two attached hydrogens (primary N) is 2. The summed E-state index contributed by atoms with van der Waals surface area (Å²) < 4.78 is 0.660. The molecule has 58 valence electrons. The maximum atomic E-state index is 10.5. The maximum Gasteiger partial charge on any atom is 0.181 e. The van der Waals surface area contributed by atoms with Gasteiger partial charge in [0.15, 0.2) is 18.2 Å². The molecular weight excluding hydrogens is 144 g/mol. The normalized spacial score (nSPS) is 11.5. The Hall–Kier alpha value is -1.78. The standard InChI is InChI=1S/C6H8N4O/c7-6(9-8)5-1-3-10(11)4-2-5/h1-4H,8H2,(H2,7,9). The summed E-state index contributed by atoms with van der Waals surface area (Å²) in [5, 5.41) is 13.8. The number of hydrogen-bond acceptors (Lipinski definition) is 3. The fourth-order valence-corrected chi connectivity index (χ4v) is 0.658. The number of hydrogen-bond donors (Lipinski definition) is 2. The number of rotatable bonds is 1. The zero-order valence-electron chi connectivity index (χ0n) is 5.77. The van der Waals surface area contributed by atoms with Gasteiger partial charge in [0.05, 0.1) is 0 Å². The molecule has 0 bridgehead atoms. The zero-order chi connectivity index (χ0) is 8.27. The van der Waals surface area contributed by atoms with Crippen LogP contribution in [0.15, 0.2) is 29.6 Å². The van der Waals surface area contributed by atoms with Gasteiger partial charge < -0.3 is 16.8 Å². The van der Waals surface area contributed by atoms with Crippen LogP contribution in [0, 0.1) is 5.21 Å². The van der Waals surface area contributed by atoms with Crippen LogP contribution in [-0.4, -0.2) is 5.84 Å². The molecule has 1 rings (SSSR count). The fraction of sp³-hybridized carbons (Fsp3) is 0. The van der Waals surface area contributed by atoms with Crippen LogP contribution in [0.3, 0.4) is 0 Å². The highest BCUT2D eigenvalue weighted by atomic mass is 16.5. The quantitative estimate of drug-likeness (QED) is 0.134. The Balaban J connectivity index is 2.99. The maximum absolute atomic E-state index is 10.5. The van der Waals surface area contributed by atoms with Gasteiger partial charge in [-0.3, -0.25) is 0 Å². The highest BCUT2D eigenvalue weighted by molar-refractivity contribution is 5.96. The molecule has 0 fully saturated rings. The first-order chi connectivity index (χ1) is 5.24. The summed E-state index contributed by atoms with van der Waals surface area (Å²) in [5.41, 5.74) is 6.00. The smallest absolute Gasteiger partial charge is 0.181 e. The lowest BCUT2D eigenvalue weighted by molar-refractivity contribution is -0.605. The second kappa shape index (κ2) is 2.87. The molecule has 1 aromatic heterocycles. The molecule has 0 unspecified atom stereocenters. The van der Waals surface area contributed by atoms with E-state index in [4.69, 9.17) is 11.6 Å². The monoisotopic (exact) mass is 152 g/mol. The topological polar surface area (TPSA) is 91.3 Å². The third-order valence-electron chi connectivity index (χ3n) is 1.24. The molecule has 0 saturated carbocycles. The summed E-state index contributed by atoms with van der Waals surface area (Å²) in [5.74, 6) is 5.13. The Kier molecular flexibility index (Phi) is 1.91. The number of pyridine rings is 1. The largest absolute Gasteiger partial charge is 0.619 e. The van der Waals surface area contributed by atoms with Crippen molar-refractivity contribution in [3.05, 3.63) is 35.3 Å². The molecular formula is C6H8N4O. The molecule has 0 saturated heterocycles. The van der Waals surface area contributed by atoms with Crippen molar-refractivity contribution >= 4 is 5.84 Å². The fourth-order valence-electron chi connectivity index (χ4n) is 0.658. The van der Waals surface area contributed by atoms with Gasteiger partial charge in [-0.05, 0) is 0 Å². The van der Waals surface area contributed by atoms with E-state index in [1.807, 2.05) is 0 Å². The van der Waals surface area contributed by atoms with Crippen molar-refractivity contribution in [2.75, 3.05) is 0 Å². The van der Waals surface area contributed by atoms with Crippen LogP contribution >= 0.6 is 0 Å². The highest BCUT2D eigenvalue weighted by Gasteiger charge is 1.97. The van der Waals surface area contributed by atoms with E-state index in [2.05, 4.69) is 5.10 Å². The Labute approximate surface area is 63.5 Å². The molecule has 0 atom stereocenters. The minimum atomic E-state index is 0.214. The average molecular weight is 152 g/mol. The van der Waals surface area contributed by atoms with E-state index in [1.54, 1.807) is 12.1 Å². The number of hydrazone groups is 1. The Morgan fingerprint density at radius 1 is 1.45 bits per heavy atom. The summed E-state index contributed by atoms with van der Waals surface area (Å²) >= 11 is 0. The van der Waals surface area contributed by atoms with Crippen molar-refractivity contribution in [1.82, 2.24) is 0 Å². The molecule has 1 aromatic rings. The van der Waals surface area contributed by atoms with Crippen LogP contribution in [0.1, 0.15) is 5.56 Å². The molecule has 0 spiro atoms. The molecule has 1 heterocycles. The predicted octanol–water partition coefficient (Wildman–Crippen LogP) is -1.10.